The van der Waals surface area contributed by atoms with Crippen LogP contribution in [0.15, 0.2) is 46.4 Å². The van der Waals surface area contributed by atoms with Gasteiger partial charge in [0.05, 0.1) is 0 Å². The van der Waals surface area contributed by atoms with Gasteiger partial charge in [0.2, 0.25) is 0 Å². The largest absolute Gasteiger partial charge is 0.279 e. The Morgan fingerprint density at radius 3 is 2.84 bits per heavy atom. The summed E-state index contributed by atoms with van der Waals surface area (Å²) in [6.45, 7) is 0.764. The molecule has 0 bridgehead atoms. The second-order valence-electron chi connectivity index (χ2n) is 4.37. The molecule has 0 N–H and O–H groups in total. The van der Waals surface area contributed by atoms with E-state index in [0.29, 0.717) is 0 Å². The summed E-state index contributed by atoms with van der Waals surface area (Å²) in [6.07, 6.45) is 3.01. The van der Waals surface area contributed by atoms with E-state index < -0.39 is 12.0 Å². The van der Waals surface area contributed by atoms with Crippen molar-refractivity contribution in [2.75, 3.05) is 12.3 Å². The zero-order chi connectivity index (χ0) is 13.3. The van der Waals surface area contributed by atoms with Crippen molar-refractivity contribution < 1.29 is 8.78 Å². The van der Waals surface area contributed by atoms with Crippen molar-refractivity contribution in [1.82, 2.24) is 0 Å². The molecule has 2 aliphatic rings. The monoisotopic (exact) mass is 278 g/mol. The number of rotatable bonds is 3. The second-order valence-corrected chi connectivity index (χ2v) is 5.45. The molecule has 0 amide bonds. The van der Waals surface area contributed by atoms with Gasteiger partial charge in [0, 0.05) is 24.1 Å². The van der Waals surface area contributed by atoms with E-state index in [4.69, 9.17) is 0 Å². The van der Waals surface area contributed by atoms with Gasteiger partial charge in [0.25, 0.3) is 6.43 Å². The molecule has 19 heavy (non-hydrogen) atoms. The van der Waals surface area contributed by atoms with Gasteiger partial charge in [0.15, 0.2) is 5.54 Å². The highest BCUT2D eigenvalue weighted by Crippen LogP contribution is 2.39. The summed E-state index contributed by atoms with van der Waals surface area (Å²) in [5.74, 6) is 0.926. The number of aliphatic imine (C=N–C) groups is 2. The maximum Gasteiger partial charge on any atom is 0.263 e. The molecule has 0 fully saturated rings. The van der Waals surface area contributed by atoms with Crippen LogP contribution >= 0.6 is 11.8 Å². The number of halogens is 2. The Bertz CT molecular complexity index is 567. The molecule has 0 spiro atoms. The molecule has 0 aromatic heterocycles. The third-order valence-corrected chi connectivity index (χ3v) is 4.29. The van der Waals surface area contributed by atoms with Crippen molar-refractivity contribution >= 4 is 23.0 Å². The van der Waals surface area contributed by atoms with Crippen LogP contribution < -0.4 is 0 Å². The van der Waals surface area contributed by atoms with Gasteiger partial charge in [-0.1, -0.05) is 18.2 Å². The van der Waals surface area contributed by atoms with Gasteiger partial charge in [-0.15, -0.1) is 11.8 Å². The first kappa shape index (κ1) is 12.5. The molecule has 1 unspecified atom stereocenters. The lowest BCUT2D eigenvalue weighted by molar-refractivity contribution is 0.151. The van der Waals surface area contributed by atoms with E-state index in [9.17, 15) is 8.78 Å². The zero-order valence-electron chi connectivity index (χ0n) is 10.1. The summed E-state index contributed by atoms with van der Waals surface area (Å²) < 4.78 is 25.7. The summed E-state index contributed by atoms with van der Waals surface area (Å²) >= 11 is 1.65. The first-order valence-corrected chi connectivity index (χ1v) is 7.00. The Kier molecular flexibility index (Phi) is 3.22. The van der Waals surface area contributed by atoms with E-state index in [2.05, 4.69) is 9.98 Å². The molecule has 3 rings (SSSR count). The van der Waals surface area contributed by atoms with Crippen molar-refractivity contribution in [3.63, 3.8) is 0 Å². The van der Waals surface area contributed by atoms with Crippen LogP contribution in [0.2, 0.25) is 0 Å². The van der Waals surface area contributed by atoms with E-state index in [-0.39, 0.29) is 5.56 Å². The summed E-state index contributed by atoms with van der Waals surface area (Å²) in [7, 11) is 0. The Morgan fingerprint density at radius 2 is 2.21 bits per heavy atom. The Morgan fingerprint density at radius 1 is 1.32 bits per heavy atom. The van der Waals surface area contributed by atoms with Crippen LogP contribution in [-0.2, 0) is 5.54 Å². The van der Waals surface area contributed by atoms with E-state index >= 15 is 0 Å². The van der Waals surface area contributed by atoms with Crippen LogP contribution in [0, 0.1) is 0 Å². The first-order valence-electron chi connectivity index (χ1n) is 6.02. The van der Waals surface area contributed by atoms with Crippen molar-refractivity contribution in [1.29, 1.82) is 0 Å². The van der Waals surface area contributed by atoms with E-state index in [1.54, 1.807) is 24.0 Å². The number of allylic oxidation sites excluding steroid dienone is 1. The molecule has 2 aliphatic heterocycles. The van der Waals surface area contributed by atoms with E-state index in [1.807, 2.05) is 18.2 Å². The van der Waals surface area contributed by atoms with Crippen molar-refractivity contribution in [3.05, 3.63) is 47.5 Å². The van der Waals surface area contributed by atoms with Crippen LogP contribution in [0.1, 0.15) is 17.6 Å². The van der Waals surface area contributed by atoms with Gasteiger partial charge in [-0.3, -0.25) is 9.98 Å². The molecule has 2 nitrogen and oxygen atoms in total. The predicted octanol–water partition coefficient (Wildman–Crippen LogP) is 3.61. The molecule has 1 aromatic carbocycles. The van der Waals surface area contributed by atoms with Gasteiger partial charge in [0.1, 0.15) is 5.04 Å². The Labute approximate surface area is 114 Å². The molecular weight excluding hydrogens is 266 g/mol. The summed E-state index contributed by atoms with van der Waals surface area (Å²) in [5.41, 5.74) is 0.0888. The third-order valence-electron chi connectivity index (χ3n) is 3.19. The van der Waals surface area contributed by atoms with E-state index in [1.165, 1.54) is 12.1 Å². The average Bonchev–Trinajstić information content (AvgIpc) is 3.10. The Hall–Kier alpha value is -1.49. The van der Waals surface area contributed by atoms with Crippen molar-refractivity contribution in [2.45, 2.75) is 12.0 Å². The smallest absolute Gasteiger partial charge is 0.263 e. The average molecular weight is 278 g/mol. The van der Waals surface area contributed by atoms with Crippen LogP contribution in [-0.4, -0.2) is 23.6 Å². The van der Waals surface area contributed by atoms with Gasteiger partial charge in [-0.2, -0.15) is 0 Å². The summed E-state index contributed by atoms with van der Waals surface area (Å²) in [4.78, 5) is 8.96. The standard InChI is InChI=1S/C14H12F2N2S/c15-12(16)10-3-1-4-11(9-10)14(5-2-6-18-14)13-17-7-8-19-13/h1-6,9,12H,7-8H2. The van der Waals surface area contributed by atoms with Crippen LogP contribution in [0.5, 0.6) is 0 Å². The maximum absolute atomic E-state index is 12.8. The van der Waals surface area contributed by atoms with Gasteiger partial charge >= 0.3 is 0 Å². The minimum atomic E-state index is -2.47. The van der Waals surface area contributed by atoms with E-state index in [0.717, 1.165) is 22.9 Å². The fourth-order valence-corrected chi connectivity index (χ4v) is 3.30. The molecule has 0 radical (unpaired) electrons. The zero-order valence-corrected chi connectivity index (χ0v) is 10.9. The number of nitrogens with zero attached hydrogens (tertiary/aromatic N) is 2. The highest BCUT2D eigenvalue weighted by molar-refractivity contribution is 8.14. The van der Waals surface area contributed by atoms with Crippen molar-refractivity contribution in [3.8, 4) is 0 Å². The first-order chi connectivity index (χ1) is 9.22. The number of benzene rings is 1. The quantitative estimate of drug-likeness (QED) is 0.829. The molecule has 98 valence electrons. The van der Waals surface area contributed by atoms with Crippen molar-refractivity contribution in [2.24, 2.45) is 9.98 Å². The topological polar surface area (TPSA) is 24.7 Å². The van der Waals surface area contributed by atoms with Gasteiger partial charge in [-0.25, -0.2) is 8.78 Å². The molecule has 2 heterocycles. The molecule has 5 heteroatoms. The number of thioether (sulfide) groups is 1. The lowest BCUT2D eigenvalue weighted by Crippen LogP contribution is -2.27. The lowest BCUT2D eigenvalue weighted by Gasteiger charge is -2.25. The fraction of sp³-hybridized carbons (Fsp3) is 0.286. The van der Waals surface area contributed by atoms with Gasteiger partial charge < -0.3 is 0 Å². The van der Waals surface area contributed by atoms with Crippen LogP contribution in [0.3, 0.4) is 0 Å². The maximum atomic E-state index is 12.8. The SMILES string of the molecule is FC(F)c1cccc(C2(C3=NCCS3)C=CC=N2)c1. The molecule has 0 saturated heterocycles. The van der Waals surface area contributed by atoms with Crippen LogP contribution in [0.4, 0.5) is 8.78 Å². The summed E-state index contributed by atoms with van der Waals surface area (Å²) in [5, 5.41) is 0.893. The van der Waals surface area contributed by atoms with Crippen LogP contribution in [0.25, 0.3) is 0 Å². The minimum absolute atomic E-state index is 0.0240. The highest BCUT2D eigenvalue weighted by atomic mass is 32.2. The minimum Gasteiger partial charge on any atom is -0.279 e. The van der Waals surface area contributed by atoms with Gasteiger partial charge in [-0.05, 0) is 23.8 Å². The Balaban J connectivity index is 2.09. The number of hydrogen-bond donors (Lipinski definition) is 0. The summed E-state index contributed by atoms with van der Waals surface area (Å²) in [6, 6.07) is 6.45. The molecular formula is C14H12F2N2S. The lowest BCUT2D eigenvalue weighted by atomic mass is 9.91. The number of hydrogen-bond acceptors (Lipinski definition) is 3. The number of alkyl halides is 2. The molecule has 1 aromatic rings. The normalized spacial score (nSPS) is 25.3. The second kappa shape index (κ2) is 4.89. The molecule has 0 aliphatic carbocycles. The predicted molar refractivity (Wildman–Crippen MR) is 75.5 cm³/mol. The molecule has 1 atom stereocenters. The molecule has 0 saturated carbocycles. The highest BCUT2D eigenvalue weighted by Gasteiger charge is 2.38. The third kappa shape index (κ3) is 2.12. The fourth-order valence-electron chi connectivity index (χ4n) is 2.28.